The van der Waals surface area contributed by atoms with Gasteiger partial charge in [0.1, 0.15) is 0 Å². The van der Waals surface area contributed by atoms with Gasteiger partial charge in [-0.3, -0.25) is 0 Å². The van der Waals surface area contributed by atoms with Crippen molar-refractivity contribution in [1.29, 1.82) is 0 Å². The molecule has 1 aromatic rings. The zero-order valence-corrected chi connectivity index (χ0v) is 5.75. The van der Waals surface area contributed by atoms with Gasteiger partial charge in [-0.05, 0) is 0 Å². The molecule has 0 aliphatic rings. The number of nitrogens with zero attached hydrogens (tertiary/aromatic N) is 2. The molecule has 1 rings (SSSR count). The van der Waals surface area contributed by atoms with Crippen molar-refractivity contribution in [2.24, 2.45) is 0 Å². The van der Waals surface area contributed by atoms with Gasteiger partial charge in [0.2, 0.25) is 0 Å². The Morgan fingerprint density at radius 2 is 2.00 bits per heavy atom. The molecule has 1 aromatic heterocycles. The zero-order chi connectivity index (χ0) is 5.98. The summed E-state index contributed by atoms with van der Waals surface area (Å²) >= 11 is 2.67. The summed E-state index contributed by atoms with van der Waals surface area (Å²) in [4.78, 5) is 7.60. The molecule has 0 atom stereocenters. The summed E-state index contributed by atoms with van der Waals surface area (Å²) < 4.78 is 0.660. The second kappa shape index (κ2) is 2.11. The van der Waals surface area contributed by atoms with Crippen LogP contribution >= 0.6 is 0 Å². The van der Waals surface area contributed by atoms with E-state index < -0.39 is 0 Å². The predicted molar refractivity (Wildman–Crippen MR) is 31.8 cm³/mol. The summed E-state index contributed by atoms with van der Waals surface area (Å²) in [6.45, 7) is 0. The molecule has 0 saturated heterocycles. The third-order valence-corrected chi connectivity index (χ3v) is 1.35. The average molecular weight is 173 g/mol. The van der Waals surface area contributed by atoms with E-state index in [1.807, 2.05) is 0 Å². The van der Waals surface area contributed by atoms with Crippen molar-refractivity contribution in [1.82, 2.24) is 9.97 Å². The molecule has 0 aliphatic heterocycles. The fourth-order valence-electron chi connectivity index (χ4n) is 0.336. The minimum atomic E-state index is 0.451. The monoisotopic (exact) mass is 174 g/mol. The Balaban J connectivity index is 3.13. The Hall–Kier alpha value is -0.601. The van der Waals surface area contributed by atoms with Gasteiger partial charge in [-0.15, -0.1) is 0 Å². The zero-order valence-electron chi connectivity index (χ0n) is 4.03. The molecule has 0 aliphatic carbocycles. The van der Waals surface area contributed by atoms with Crippen LogP contribution in [0.15, 0.2) is 12.4 Å². The van der Waals surface area contributed by atoms with Crippen LogP contribution in [-0.2, 0) is 0 Å². The molecule has 0 spiro atoms. The Bertz CT molecular complexity index is 167. The summed E-state index contributed by atoms with van der Waals surface area (Å²) in [5, 5.41) is 0. The van der Waals surface area contributed by atoms with Crippen LogP contribution in [0.2, 0.25) is 0 Å². The molecule has 0 aromatic carbocycles. The van der Waals surface area contributed by atoms with Crippen molar-refractivity contribution >= 4 is 26.4 Å². The molecule has 41 valence electrons. The van der Waals surface area contributed by atoms with E-state index in [1.54, 1.807) is 12.4 Å². The second-order valence-electron chi connectivity index (χ2n) is 1.25. The molecule has 1 radical (unpaired) electrons. The summed E-state index contributed by atoms with van der Waals surface area (Å²) in [5.41, 5.74) is 5.31. The number of aromatic nitrogens is 2. The normalized spacial score (nSPS) is 9.00. The Morgan fingerprint density at radius 3 is 2.38 bits per heavy atom. The molecule has 1 heterocycles. The van der Waals surface area contributed by atoms with E-state index >= 15 is 0 Å². The Kier molecular flexibility index (Phi) is 1.46. The maximum absolute atomic E-state index is 5.31. The van der Waals surface area contributed by atoms with Crippen molar-refractivity contribution in [2.75, 3.05) is 5.73 Å². The van der Waals surface area contributed by atoms with Crippen LogP contribution in [0.1, 0.15) is 0 Å². The summed E-state index contributed by atoms with van der Waals surface area (Å²) in [5.74, 6) is 0.451. The molecule has 0 unspecified atom stereocenters. The molecule has 2 N–H and O–H groups in total. The van der Waals surface area contributed by atoms with E-state index in [0.717, 1.165) is 0 Å². The van der Waals surface area contributed by atoms with Gasteiger partial charge in [-0.1, -0.05) is 0 Å². The first-order chi connectivity index (χ1) is 3.80. The van der Waals surface area contributed by atoms with Gasteiger partial charge >= 0.3 is 54.5 Å². The molecular weight excluding hydrogens is 169 g/mol. The van der Waals surface area contributed by atoms with Crippen LogP contribution in [-0.4, -0.2) is 26.0 Å². The molecule has 0 amide bonds. The van der Waals surface area contributed by atoms with Crippen molar-refractivity contribution < 1.29 is 0 Å². The topological polar surface area (TPSA) is 51.8 Å². The van der Waals surface area contributed by atoms with Crippen LogP contribution in [0.25, 0.3) is 0 Å². The molecule has 4 heteroatoms. The second-order valence-corrected chi connectivity index (χ2v) is 2.06. The van der Waals surface area contributed by atoms with Crippen molar-refractivity contribution in [3.63, 3.8) is 0 Å². The quantitative estimate of drug-likeness (QED) is 0.504. The van der Waals surface area contributed by atoms with E-state index in [9.17, 15) is 0 Å². The minimum absolute atomic E-state index is 0.451. The van der Waals surface area contributed by atoms with Gasteiger partial charge in [0.25, 0.3) is 0 Å². The van der Waals surface area contributed by atoms with Crippen LogP contribution in [0.4, 0.5) is 5.82 Å². The van der Waals surface area contributed by atoms with Gasteiger partial charge in [0.15, 0.2) is 0 Å². The fraction of sp³-hybridized carbons (Fsp3) is 0. The molecule has 3 nitrogen and oxygen atoms in total. The molecular formula is C4H4N3Se. The van der Waals surface area contributed by atoms with E-state index in [1.165, 1.54) is 0 Å². The summed E-state index contributed by atoms with van der Waals surface area (Å²) in [6, 6.07) is 0. The Labute approximate surface area is 55.1 Å². The maximum atomic E-state index is 5.31. The first-order valence-corrected chi connectivity index (χ1v) is 2.90. The SMILES string of the molecule is Nc1nccnc1[Se]. The van der Waals surface area contributed by atoms with Gasteiger partial charge in [-0.2, -0.15) is 0 Å². The fourth-order valence-corrected chi connectivity index (χ4v) is 0.574. The molecule has 8 heavy (non-hydrogen) atoms. The van der Waals surface area contributed by atoms with Gasteiger partial charge < -0.3 is 0 Å². The number of rotatable bonds is 0. The number of hydrogen-bond donors (Lipinski definition) is 1. The van der Waals surface area contributed by atoms with Crippen molar-refractivity contribution in [3.8, 4) is 0 Å². The predicted octanol–water partition coefficient (Wildman–Crippen LogP) is -1.15. The average Bonchev–Trinajstić information content (AvgIpc) is 1.77. The third-order valence-electron chi connectivity index (χ3n) is 0.691. The molecule has 0 bridgehead atoms. The van der Waals surface area contributed by atoms with Gasteiger partial charge in [0.05, 0.1) is 0 Å². The van der Waals surface area contributed by atoms with Crippen LogP contribution in [0.5, 0.6) is 0 Å². The van der Waals surface area contributed by atoms with E-state index in [2.05, 4.69) is 26.0 Å². The van der Waals surface area contributed by atoms with Crippen LogP contribution in [0.3, 0.4) is 0 Å². The van der Waals surface area contributed by atoms with E-state index in [-0.39, 0.29) is 0 Å². The van der Waals surface area contributed by atoms with Gasteiger partial charge in [0, 0.05) is 0 Å². The van der Waals surface area contributed by atoms with Gasteiger partial charge in [-0.25, -0.2) is 0 Å². The van der Waals surface area contributed by atoms with E-state index in [4.69, 9.17) is 5.73 Å². The van der Waals surface area contributed by atoms with E-state index in [0.29, 0.717) is 10.4 Å². The Morgan fingerprint density at radius 1 is 1.38 bits per heavy atom. The van der Waals surface area contributed by atoms with Crippen molar-refractivity contribution in [2.45, 2.75) is 0 Å². The van der Waals surface area contributed by atoms with Crippen LogP contribution in [0, 0.1) is 0 Å². The molecule has 0 saturated carbocycles. The number of anilines is 1. The number of nitrogen functional groups attached to an aromatic ring is 1. The first kappa shape index (κ1) is 5.53. The number of nitrogens with two attached hydrogens (primary N) is 1. The molecule has 0 fully saturated rings. The standard InChI is InChI=1S/C4H4N3Se/c5-3-4(8)7-2-1-6-3/h1-2H,(H2,5,6). The summed E-state index contributed by atoms with van der Waals surface area (Å²) in [6.07, 6.45) is 3.14. The third kappa shape index (κ3) is 0.966. The number of hydrogen-bond acceptors (Lipinski definition) is 3. The first-order valence-electron chi connectivity index (χ1n) is 2.04. The van der Waals surface area contributed by atoms with Crippen LogP contribution < -0.4 is 10.3 Å². The summed E-state index contributed by atoms with van der Waals surface area (Å²) in [7, 11) is 0. The van der Waals surface area contributed by atoms with Crippen molar-refractivity contribution in [3.05, 3.63) is 12.4 Å².